The molecule has 3 aromatic rings. The maximum atomic E-state index is 12.8. The number of carbonyl (C=O) groups excluding carboxylic acids is 1. The Morgan fingerprint density at radius 2 is 1.55 bits per heavy atom. The van der Waals surface area contributed by atoms with E-state index in [1.165, 1.54) is 16.4 Å². The molecule has 1 saturated heterocycles. The van der Waals surface area contributed by atoms with Crippen LogP contribution < -0.4 is 10.0 Å². The lowest BCUT2D eigenvalue weighted by Gasteiger charge is -2.30. The van der Waals surface area contributed by atoms with E-state index in [0.717, 1.165) is 15.6 Å². The van der Waals surface area contributed by atoms with Crippen molar-refractivity contribution in [2.24, 2.45) is 5.92 Å². The molecule has 3 aromatic carbocycles. The Kier molecular flexibility index (Phi) is 8.61. The molecule has 0 spiro atoms. The fourth-order valence-corrected chi connectivity index (χ4v) is 7.33. The molecule has 1 amide bonds. The molecule has 0 bridgehead atoms. The van der Waals surface area contributed by atoms with E-state index < -0.39 is 20.0 Å². The van der Waals surface area contributed by atoms with E-state index in [1.807, 2.05) is 38.1 Å². The third kappa shape index (κ3) is 7.02. The van der Waals surface area contributed by atoms with Crippen LogP contribution in [-0.2, 0) is 30.6 Å². The summed E-state index contributed by atoms with van der Waals surface area (Å²) in [4.78, 5) is 12.9. The number of rotatable bonds is 8. The Hall–Kier alpha value is -2.73. The number of sulfonamides is 2. The zero-order valence-corrected chi connectivity index (χ0v) is 24.4. The van der Waals surface area contributed by atoms with Crippen LogP contribution in [0.4, 0.5) is 11.4 Å². The maximum absolute atomic E-state index is 12.8. The smallest absolute Gasteiger partial charge is 0.261 e. The van der Waals surface area contributed by atoms with E-state index in [9.17, 15) is 21.6 Å². The van der Waals surface area contributed by atoms with Crippen LogP contribution >= 0.6 is 15.9 Å². The molecule has 8 nitrogen and oxygen atoms in total. The van der Waals surface area contributed by atoms with Crippen LogP contribution in [0.25, 0.3) is 0 Å². The molecule has 0 aliphatic carbocycles. The summed E-state index contributed by atoms with van der Waals surface area (Å²) in [6.07, 6.45) is 0.829. The fraction of sp³-hybridized carbons (Fsp3) is 0.296. The molecule has 202 valence electrons. The predicted octanol–water partition coefficient (Wildman–Crippen LogP) is 5.05. The van der Waals surface area contributed by atoms with Gasteiger partial charge in [-0.3, -0.25) is 9.52 Å². The summed E-state index contributed by atoms with van der Waals surface area (Å²) < 4.78 is 56.2. The minimum absolute atomic E-state index is 0.0786. The van der Waals surface area contributed by atoms with E-state index in [1.54, 1.807) is 30.3 Å². The van der Waals surface area contributed by atoms with Crippen molar-refractivity contribution in [1.82, 2.24) is 4.31 Å². The van der Waals surface area contributed by atoms with Gasteiger partial charge in [0.1, 0.15) is 0 Å². The Morgan fingerprint density at radius 1 is 0.921 bits per heavy atom. The Balaban J connectivity index is 1.32. The number of hydrogen-bond acceptors (Lipinski definition) is 5. The van der Waals surface area contributed by atoms with Crippen molar-refractivity contribution in [3.63, 3.8) is 0 Å². The van der Waals surface area contributed by atoms with Crippen molar-refractivity contribution in [3.8, 4) is 0 Å². The summed E-state index contributed by atoms with van der Waals surface area (Å²) in [5.74, 6) is -0.618. The average molecular weight is 621 g/mol. The van der Waals surface area contributed by atoms with Gasteiger partial charge in [-0.2, -0.15) is 0 Å². The third-order valence-electron chi connectivity index (χ3n) is 6.54. The molecule has 0 atom stereocenters. The van der Waals surface area contributed by atoms with Crippen molar-refractivity contribution >= 4 is 53.3 Å². The maximum Gasteiger partial charge on any atom is 0.261 e. The summed E-state index contributed by atoms with van der Waals surface area (Å²) >= 11 is 3.35. The molecule has 0 unspecified atom stereocenters. The third-order valence-corrected chi connectivity index (χ3v) is 10.3. The van der Waals surface area contributed by atoms with Gasteiger partial charge in [0, 0.05) is 29.2 Å². The Morgan fingerprint density at radius 3 is 2.16 bits per heavy atom. The van der Waals surface area contributed by atoms with Crippen LogP contribution in [0, 0.1) is 19.8 Å². The number of hydrogen-bond donors (Lipinski definition) is 2. The molecule has 1 aliphatic heterocycles. The summed E-state index contributed by atoms with van der Waals surface area (Å²) in [6.45, 7) is 4.33. The molecule has 11 heteroatoms. The SMILES string of the molecule is Cc1ccc(NS(=O)(=O)c2ccc(NC(=O)C3CCN(S(=O)(=O)Cc4ccc(Br)cc4)CC3)cc2)c(C)c1. The fourth-order valence-electron chi connectivity index (χ4n) is 4.37. The van der Waals surface area contributed by atoms with Crippen LogP contribution in [0.15, 0.2) is 76.1 Å². The predicted molar refractivity (Wildman–Crippen MR) is 153 cm³/mol. The highest BCUT2D eigenvalue weighted by atomic mass is 79.9. The second-order valence-electron chi connectivity index (χ2n) is 9.49. The van der Waals surface area contributed by atoms with Gasteiger partial charge in [-0.15, -0.1) is 0 Å². The summed E-state index contributed by atoms with van der Waals surface area (Å²) in [7, 11) is -7.27. The lowest BCUT2D eigenvalue weighted by Crippen LogP contribution is -2.41. The molecule has 2 N–H and O–H groups in total. The molecular weight excluding hydrogens is 590 g/mol. The van der Waals surface area contributed by atoms with E-state index in [0.29, 0.717) is 29.8 Å². The van der Waals surface area contributed by atoms with Gasteiger partial charge in [-0.25, -0.2) is 21.1 Å². The highest BCUT2D eigenvalue weighted by molar-refractivity contribution is 9.10. The molecule has 0 radical (unpaired) electrons. The van der Waals surface area contributed by atoms with Gasteiger partial charge < -0.3 is 5.32 Å². The molecule has 0 aromatic heterocycles. The first-order valence-electron chi connectivity index (χ1n) is 12.2. The monoisotopic (exact) mass is 619 g/mol. The highest BCUT2D eigenvalue weighted by Crippen LogP contribution is 2.25. The first-order chi connectivity index (χ1) is 17.9. The van der Waals surface area contributed by atoms with Gasteiger partial charge in [0.25, 0.3) is 10.0 Å². The first-order valence-corrected chi connectivity index (χ1v) is 16.0. The van der Waals surface area contributed by atoms with Gasteiger partial charge in [-0.05, 0) is 80.3 Å². The molecule has 1 aliphatic rings. The van der Waals surface area contributed by atoms with Crippen LogP contribution in [0.3, 0.4) is 0 Å². The van der Waals surface area contributed by atoms with Gasteiger partial charge >= 0.3 is 0 Å². The number of anilines is 2. The van der Waals surface area contributed by atoms with Crippen LogP contribution in [0.5, 0.6) is 0 Å². The lowest BCUT2D eigenvalue weighted by atomic mass is 9.97. The zero-order chi connectivity index (χ0) is 27.5. The normalized spacial score (nSPS) is 15.2. The van der Waals surface area contributed by atoms with E-state index >= 15 is 0 Å². The van der Waals surface area contributed by atoms with Crippen molar-refractivity contribution in [2.75, 3.05) is 23.1 Å². The number of nitrogens with zero attached hydrogens (tertiary/aromatic N) is 1. The number of piperidine rings is 1. The summed E-state index contributed by atoms with van der Waals surface area (Å²) in [6, 6.07) is 18.6. The summed E-state index contributed by atoms with van der Waals surface area (Å²) in [5, 5.41) is 2.83. The van der Waals surface area contributed by atoms with Crippen molar-refractivity contribution < 1.29 is 21.6 Å². The van der Waals surface area contributed by atoms with Crippen LogP contribution in [0.2, 0.25) is 0 Å². The number of aryl methyl sites for hydroxylation is 2. The molecular formula is C27H30BrN3O5S2. The van der Waals surface area contributed by atoms with Gasteiger partial charge in [-0.1, -0.05) is 45.8 Å². The van der Waals surface area contributed by atoms with Crippen molar-refractivity contribution in [1.29, 1.82) is 0 Å². The van der Waals surface area contributed by atoms with Crippen molar-refractivity contribution in [2.45, 2.75) is 37.3 Å². The largest absolute Gasteiger partial charge is 0.326 e. The lowest BCUT2D eigenvalue weighted by molar-refractivity contribution is -0.120. The molecule has 0 saturated carbocycles. The van der Waals surface area contributed by atoms with Crippen molar-refractivity contribution in [3.05, 3.63) is 87.9 Å². The highest BCUT2D eigenvalue weighted by Gasteiger charge is 2.31. The standard InChI is InChI=1S/C27H30BrN3O5S2/c1-19-3-12-26(20(2)17-19)30-38(35,36)25-10-8-24(9-11-25)29-27(32)22-13-15-31(16-14-22)37(33,34)18-21-4-6-23(28)7-5-21/h3-12,17,22,30H,13-16,18H2,1-2H3,(H,29,32). The van der Waals surface area contributed by atoms with Gasteiger partial charge in [0.2, 0.25) is 15.9 Å². The minimum atomic E-state index is -3.79. The number of halogens is 1. The zero-order valence-electron chi connectivity index (χ0n) is 21.1. The molecule has 1 fully saturated rings. The topological polar surface area (TPSA) is 113 Å². The molecule has 1 heterocycles. The quantitative estimate of drug-likeness (QED) is 0.366. The average Bonchev–Trinajstić information content (AvgIpc) is 2.87. The van der Waals surface area contributed by atoms with Gasteiger partial charge in [0.05, 0.1) is 16.3 Å². The van der Waals surface area contributed by atoms with Crippen LogP contribution in [-0.4, -0.2) is 40.1 Å². The van der Waals surface area contributed by atoms with E-state index in [-0.39, 0.29) is 35.6 Å². The minimum Gasteiger partial charge on any atom is -0.326 e. The Bertz CT molecular complexity index is 1520. The Labute approximate surface area is 232 Å². The first kappa shape index (κ1) is 28.3. The second-order valence-corrected chi connectivity index (χ2v) is 14.1. The van der Waals surface area contributed by atoms with E-state index in [2.05, 4.69) is 26.0 Å². The molecule has 38 heavy (non-hydrogen) atoms. The van der Waals surface area contributed by atoms with Gasteiger partial charge in [0.15, 0.2) is 0 Å². The number of nitrogens with one attached hydrogen (secondary N) is 2. The number of amides is 1. The molecule has 4 rings (SSSR count). The summed E-state index contributed by atoms with van der Waals surface area (Å²) in [5.41, 5.74) is 3.56. The van der Waals surface area contributed by atoms with Crippen LogP contribution in [0.1, 0.15) is 29.5 Å². The van der Waals surface area contributed by atoms with E-state index in [4.69, 9.17) is 0 Å². The number of benzene rings is 3. The number of carbonyl (C=O) groups is 1. The second kappa shape index (κ2) is 11.6.